The molecule has 0 heterocycles. The Morgan fingerprint density at radius 3 is 2.35 bits per heavy atom. The molecular formula is C17H22FIN4O2S. The molecule has 0 radical (unpaired) electrons. The molecule has 0 fully saturated rings. The molecule has 0 bridgehead atoms. The van der Waals surface area contributed by atoms with Crippen molar-refractivity contribution in [3.8, 4) is 0 Å². The van der Waals surface area contributed by atoms with Gasteiger partial charge in [-0.1, -0.05) is 30.3 Å². The molecule has 6 nitrogen and oxygen atoms in total. The summed E-state index contributed by atoms with van der Waals surface area (Å²) in [5.41, 5.74) is 1.52. The van der Waals surface area contributed by atoms with Crippen LogP contribution in [0.3, 0.4) is 0 Å². The third-order valence-electron chi connectivity index (χ3n) is 3.58. The highest BCUT2D eigenvalue weighted by molar-refractivity contribution is 14.0. The van der Waals surface area contributed by atoms with Crippen LogP contribution in [0.15, 0.2) is 58.4 Å². The van der Waals surface area contributed by atoms with Gasteiger partial charge in [-0.3, -0.25) is 4.99 Å². The molecule has 142 valence electrons. The Balaban J connectivity index is 0.00000338. The molecule has 0 aliphatic rings. The molecule has 0 aliphatic carbocycles. The van der Waals surface area contributed by atoms with E-state index in [2.05, 4.69) is 15.6 Å². The molecule has 0 atom stereocenters. The summed E-state index contributed by atoms with van der Waals surface area (Å²) in [7, 11) is -2.04. The third-order valence-corrected chi connectivity index (χ3v) is 4.51. The van der Waals surface area contributed by atoms with E-state index in [-0.39, 0.29) is 34.7 Å². The van der Waals surface area contributed by atoms with Crippen molar-refractivity contribution in [1.29, 1.82) is 0 Å². The van der Waals surface area contributed by atoms with Crippen molar-refractivity contribution < 1.29 is 12.8 Å². The van der Waals surface area contributed by atoms with Gasteiger partial charge in [-0.15, -0.1) is 24.0 Å². The number of nitrogens with one attached hydrogen (secondary N) is 2. The lowest BCUT2D eigenvalue weighted by atomic mass is 10.1. The van der Waals surface area contributed by atoms with Gasteiger partial charge in [-0.05, 0) is 35.7 Å². The van der Waals surface area contributed by atoms with Crippen molar-refractivity contribution in [2.45, 2.75) is 17.9 Å². The second-order valence-electron chi connectivity index (χ2n) is 5.38. The van der Waals surface area contributed by atoms with E-state index in [0.29, 0.717) is 31.0 Å². The number of guanidine groups is 1. The number of nitrogens with two attached hydrogens (primary N) is 1. The molecule has 0 aliphatic heterocycles. The molecule has 4 N–H and O–H groups in total. The summed E-state index contributed by atoms with van der Waals surface area (Å²) in [5.74, 6) is 0.356. The van der Waals surface area contributed by atoms with Crippen molar-refractivity contribution in [2.75, 3.05) is 13.6 Å². The molecular weight excluding hydrogens is 470 g/mol. The van der Waals surface area contributed by atoms with Crippen LogP contribution in [-0.4, -0.2) is 28.0 Å². The van der Waals surface area contributed by atoms with Crippen LogP contribution >= 0.6 is 24.0 Å². The largest absolute Gasteiger partial charge is 0.356 e. The molecule has 0 saturated carbocycles. The van der Waals surface area contributed by atoms with Gasteiger partial charge in [0.05, 0.1) is 4.90 Å². The lowest BCUT2D eigenvalue weighted by Crippen LogP contribution is -2.37. The minimum Gasteiger partial charge on any atom is -0.356 e. The fraction of sp³-hybridized carbons (Fsp3) is 0.235. The van der Waals surface area contributed by atoms with Gasteiger partial charge in [-0.2, -0.15) is 0 Å². The molecule has 9 heteroatoms. The monoisotopic (exact) mass is 492 g/mol. The maximum atomic E-state index is 13.6. The molecule has 2 rings (SSSR count). The van der Waals surface area contributed by atoms with Crippen LogP contribution in [0.5, 0.6) is 0 Å². The summed E-state index contributed by atoms with van der Waals surface area (Å²) in [6.07, 6.45) is 0.538. The fourth-order valence-electron chi connectivity index (χ4n) is 2.22. The lowest BCUT2D eigenvalue weighted by molar-refractivity contribution is 0.597. The van der Waals surface area contributed by atoms with Gasteiger partial charge in [0.2, 0.25) is 10.0 Å². The van der Waals surface area contributed by atoms with E-state index < -0.39 is 10.0 Å². The number of benzene rings is 2. The van der Waals surface area contributed by atoms with E-state index in [1.54, 1.807) is 37.4 Å². The highest BCUT2D eigenvalue weighted by Crippen LogP contribution is 2.08. The molecule has 0 unspecified atom stereocenters. The van der Waals surface area contributed by atoms with Crippen LogP contribution in [0.2, 0.25) is 0 Å². The first kappa shape index (κ1) is 22.3. The summed E-state index contributed by atoms with van der Waals surface area (Å²) < 4.78 is 36.0. The van der Waals surface area contributed by atoms with E-state index >= 15 is 0 Å². The van der Waals surface area contributed by atoms with E-state index in [9.17, 15) is 12.8 Å². The highest BCUT2D eigenvalue weighted by Gasteiger charge is 2.07. The van der Waals surface area contributed by atoms with Gasteiger partial charge in [-0.25, -0.2) is 17.9 Å². The van der Waals surface area contributed by atoms with Gasteiger partial charge in [0.15, 0.2) is 5.96 Å². The van der Waals surface area contributed by atoms with Gasteiger partial charge >= 0.3 is 0 Å². The first-order valence-corrected chi connectivity index (χ1v) is 9.24. The zero-order valence-electron chi connectivity index (χ0n) is 14.3. The molecule has 0 saturated heterocycles. The average Bonchev–Trinajstić information content (AvgIpc) is 2.59. The minimum absolute atomic E-state index is 0. The summed E-state index contributed by atoms with van der Waals surface area (Å²) in [5, 5.41) is 11.3. The number of rotatable bonds is 6. The lowest BCUT2D eigenvalue weighted by Gasteiger charge is -2.12. The SMILES string of the molecule is CN=C(NCCc1ccccc1F)NCc1ccc(S(N)(=O)=O)cc1.I. The minimum atomic E-state index is -3.68. The maximum absolute atomic E-state index is 13.6. The van der Waals surface area contributed by atoms with Crippen molar-refractivity contribution in [3.05, 3.63) is 65.5 Å². The first-order valence-electron chi connectivity index (χ1n) is 7.70. The van der Waals surface area contributed by atoms with Crippen molar-refractivity contribution in [3.63, 3.8) is 0 Å². The summed E-state index contributed by atoms with van der Waals surface area (Å²) in [4.78, 5) is 4.17. The molecule has 0 aromatic heterocycles. The Kier molecular flexibility index (Phi) is 8.96. The van der Waals surface area contributed by atoms with Crippen molar-refractivity contribution >= 4 is 40.0 Å². The Bertz CT molecular complexity index is 842. The third kappa shape index (κ3) is 6.89. The summed E-state index contributed by atoms with van der Waals surface area (Å²) >= 11 is 0. The summed E-state index contributed by atoms with van der Waals surface area (Å²) in [6, 6.07) is 12.9. The Labute approximate surface area is 170 Å². The van der Waals surface area contributed by atoms with E-state index in [1.807, 2.05) is 0 Å². The fourth-order valence-corrected chi connectivity index (χ4v) is 2.74. The van der Waals surface area contributed by atoms with Gasteiger partial charge in [0.25, 0.3) is 0 Å². The first-order chi connectivity index (χ1) is 11.9. The van der Waals surface area contributed by atoms with Crippen LogP contribution in [0.4, 0.5) is 4.39 Å². The van der Waals surface area contributed by atoms with Crippen LogP contribution in [0.1, 0.15) is 11.1 Å². The van der Waals surface area contributed by atoms with Gasteiger partial charge in [0, 0.05) is 20.1 Å². The Hall–Kier alpha value is -1.72. The topological polar surface area (TPSA) is 96.6 Å². The van der Waals surface area contributed by atoms with E-state index in [1.165, 1.54) is 18.2 Å². The second-order valence-corrected chi connectivity index (χ2v) is 6.94. The maximum Gasteiger partial charge on any atom is 0.238 e. The molecule has 2 aromatic rings. The van der Waals surface area contributed by atoms with Crippen molar-refractivity contribution in [2.24, 2.45) is 10.1 Å². The van der Waals surface area contributed by atoms with Crippen LogP contribution < -0.4 is 15.8 Å². The summed E-state index contributed by atoms with van der Waals surface area (Å²) in [6.45, 7) is 0.995. The van der Waals surface area contributed by atoms with Crippen LogP contribution in [0, 0.1) is 5.82 Å². The van der Waals surface area contributed by atoms with E-state index in [0.717, 1.165) is 5.56 Å². The average molecular weight is 492 g/mol. The Morgan fingerprint density at radius 1 is 1.12 bits per heavy atom. The normalized spacial score (nSPS) is 11.6. The highest BCUT2D eigenvalue weighted by atomic mass is 127. The number of hydrogen-bond acceptors (Lipinski definition) is 3. The number of aliphatic imine (C=N–C) groups is 1. The second kappa shape index (κ2) is 10.4. The number of sulfonamides is 1. The quantitative estimate of drug-likeness (QED) is 0.327. The molecule has 0 amide bonds. The van der Waals surface area contributed by atoms with E-state index in [4.69, 9.17) is 5.14 Å². The van der Waals surface area contributed by atoms with Crippen LogP contribution in [-0.2, 0) is 23.0 Å². The zero-order valence-corrected chi connectivity index (χ0v) is 17.4. The zero-order chi connectivity index (χ0) is 18.3. The number of halogens is 2. The molecule has 2 aromatic carbocycles. The number of nitrogens with zero attached hydrogens (tertiary/aromatic N) is 1. The number of hydrogen-bond donors (Lipinski definition) is 3. The van der Waals surface area contributed by atoms with Gasteiger partial charge < -0.3 is 10.6 Å². The standard InChI is InChI=1S/C17H21FN4O2S.HI/c1-20-17(21-11-10-14-4-2-3-5-16(14)18)22-12-13-6-8-15(9-7-13)25(19,23)24;/h2-9H,10-12H2,1H3,(H2,19,23,24)(H2,20,21,22);1H. The Morgan fingerprint density at radius 2 is 1.77 bits per heavy atom. The number of primary sulfonamides is 1. The molecule has 0 spiro atoms. The van der Waals surface area contributed by atoms with Crippen LogP contribution in [0.25, 0.3) is 0 Å². The predicted octanol–water partition coefficient (Wildman–Crippen LogP) is 2.00. The van der Waals surface area contributed by atoms with Gasteiger partial charge in [0.1, 0.15) is 5.82 Å². The van der Waals surface area contributed by atoms with Crippen molar-refractivity contribution in [1.82, 2.24) is 10.6 Å². The smallest absolute Gasteiger partial charge is 0.238 e. The molecule has 26 heavy (non-hydrogen) atoms. The predicted molar refractivity (Wildman–Crippen MR) is 112 cm³/mol.